The molecule has 0 radical (unpaired) electrons. The van der Waals surface area contributed by atoms with E-state index in [-0.39, 0.29) is 11.8 Å². The molecule has 0 aliphatic carbocycles. The van der Waals surface area contributed by atoms with E-state index in [9.17, 15) is 8.78 Å². The van der Waals surface area contributed by atoms with Crippen molar-refractivity contribution in [3.05, 3.63) is 29.8 Å². The third-order valence-corrected chi connectivity index (χ3v) is 2.95. The van der Waals surface area contributed by atoms with Crippen LogP contribution in [0.5, 0.6) is 5.75 Å². The van der Waals surface area contributed by atoms with E-state index in [2.05, 4.69) is 17.0 Å². The van der Waals surface area contributed by atoms with Crippen molar-refractivity contribution in [3.8, 4) is 5.75 Å². The molecule has 0 bridgehead atoms. The third-order valence-electron chi connectivity index (χ3n) is 2.95. The lowest BCUT2D eigenvalue weighted by molar-refractivity contribution is -0.0498. The normalized spacial score (nSPS) is 12.7. The van der Waals surface area contributed by atoms with Crippen LogP contribution in [0, 0.1) is 0 Å². The molecule has 1 atom stereocenters. The first-order chi connectivity index (χ1) is 8.67. The second kappa shape index (κ2) is 8.03. The first-order valence-corrected chi connectivity index (χ1v) is 6.39. The molecule has 0 heterocycles. The maximum atomic E-state index is 12.0. The van der Waals surface area contributed by atoms with E-state index in [0.717, 1.165) is 18.4 Å². The van der Waals surface area contributed by atoms with E-state index in [1.165, 1.54) is 12.8 Å². The summed E-state index contributed by atoms with van der Waals surface area (Å²) in [6.07, 6.45) is 4.62. The molecule has 1 N–H and O–H groups in total. The Morgan fingerprint density at radius 1 is 1.17 bits per heavy atom. The Morgan fingerprint density at radius 2 is 1.83 bits per heavy atom. The lowest BCUT2D eigenvalue weighted by atomic mass is 10.0. The minimum absolute atomic E-state index is 0.206. The monoisotopic (exact) mass is 257 g/mol. The molecule has 1 aromatic rings. The number of unbranched alkanes of at least 4 members (excludes halogenated alkanes) is 2. The van der Waals surface area contributed by atoms with Crippen molar-refractivity contribution in [1.29, 1.82) is 0 Å². The smallest absolute Gasteiger partial charge is 0.387 e. The van der Waals surface area contributed by atoms with Crippen LogP contribution in [-0.2, 0) is 0 Å². The zero-order valence-corrected chi connectivity index (χ0v) is 11.0. The molecule has 0 saturated heterocycles. The largest absolute Gasteiger partial charge is 0.435 e. The zero-order valence-electron chi connectivity index (χ0n) is 11.0. The second-order valence-electron chi connectivity index (χ2n) is 4.28. The average molecular weight is 257 g/mol. The quantitative estimate of drug-likeness (QED) is 0.707. The van der Waals surface area contributed by atoms with E-state index in [4.69, 9.17) is 0 Å². The Hall–Kier alpha value is -1.16. The summed E-state index contributed by atoms with van der Waals surface area (Å²) in [6, 6.07) is 7.13. The molecular formula is C14H21F2NO. The zero-order chi connectivity index (χ0) is 13.4. The summed E-state index contributed by atoms with van der Waals surface area (Å²) >= 11 is 0. The fraction of sp³-hybridized carbons (Fsp3) is 0.571. The molecule has 1 unspecified atom stereocenters. The number of nitrogens with one attached hydrogen (secondary N) is 1. The van der Waals surface area contributed by atoms with Crippen molar-refractivity contribution < 1.29 is 13.5 Å². The Bertz CT molecular complexity index is 327. The number of alkyl halides is 2. The van der Waals surface area contributed by atoms with Gasteiger partial charge >= 0.3 is 6.61 Å². The first-order valence-electron chi connectivity index (χ1n) is 6.39. The molecule has 0 spiro atoms. The summed E-state index contributed by atoms with van der Waals surface area (Å²) in [7, 11) is 1.92. The van der Waals surface area contributed by atoms with Crippen molar-refractivity contribution in [3.63, 3.8) is 0 Å². The van der Waals surface area contributed by atoms with E-state index < -0.39 is 6.61 Å². The molecular weight excluding hydrogens is 236 g/mol. The van der Waals surface area contributed by atoms with Crippen molar-refractivity contribution in [2.75, 3.05) is 7.05 Å². The number of rotatable bonds is 8. The van der Waals surface area contributed by atoms with E-state index >= 15 is 0 Å². The maximum Gasteiger partial charge on any atom is 0.387 e. The number of hydrogen-bond donors (Lipinski definition) is 1. The summed E-state index contributed by atoms with van der Waals surface area (Å²) in [5, 5.41) is 3.25. The van der Waals surface area contributed by atoms with Crippen LogP contribution in [0.1, 0.15) is 44.2 Å². The molecule has 0 aliphatic heterocycles. The predicted octanol–water partition coefficient (Wildman–Crippen LogP) is 4.13. The minimum Gasteiger partial charge on any atom is -0.435 e. The highest BCUT2D eigenvalue weighted by molar-refractivity contribution is 5.29. The van der Waals surface area contributed by atoms with Crippen LogP contribution >= 0.6 is 0 Å². The number of halogens is 2. The summed E-state index contributed by atoms with van der Waals surface area (Å²) in [5.74, 6) is 0.206. The van der Waals surface area contributed by atoms with Gasteiger partial charge in [-0.15, -0.1) is 0 Å². The fourth-order valence-electron chi connectivity index (χ4n) is 1.96. The van der Waals surface area contributed by atoms with Crippen molar-refractivity contribution in [1.82, 2.24) is 5.32 Å². The van der Waals surface area contributed by atoms with Gasteiger partial charge in [-0.25, -0.2) is 0 Å². The molecule has 0 aromatic heterocycles. The molecule has 0 saturated carbocycles. The number of ether oxygens (including phenoxy) is 1. The van der Waals surface area contributed by atoms with Gasteiger partial charge in [0.1, 0.15) is 5.75 Å². The average Bonchev–Trinajstić information content (AvgIpc) is 2.35. The third kappa shape index (κ3) is 5.00. The molecule has 4 heteroatoms. The standard InChI is InChI=1S/C14H21F2NO/c1-3-4-5-6-13(17-2)11-7-9-12(10-8-11)18-14(15)16/h7-10,13-14,17H,3-6H2,1-2H3. The van der Waals surface area contributed by atoms with Crippen LogP contribution < -0.4 is 10.1 Å². The highest BCUT2D eigenvalue weighted by atomic mass is 19.3. The van der Waals surface area contributed by atoms with Crippen molar-refractivity contribution in [2.24, 2.45) is 0 Å². The van der Waals surface area contributed by atoms with Gasteiger partial charge < -0.3 is 10.1 Å². The first kappa shape index (κ1) is 14.9. The molecule has 1 aromatic carbocycles. The topological polar surface area (TPSA) is 21.3 Å². The number of benzene rings is 1. The maximum absolute atomic E-state index is 12.0. The van der Waals surface area contributed by atoms with Gasteiger partial charge in [0.2, 0.25) is 0 Å². The van der Waals surface area contributed by atoms with Gasteiger partial charge in [-0.3, -0.25) is 0 Å². The molecule has 0 fully saturated rings. The fourth-order valence-corrected chi connectivity index (χ4v) is 1.96. The molecule has 0 aliphatic rings. The van der Waals surface area contributed by atoms with Crippen LogP contribution in [0.25, 0.3) is 0 Å². The van der Waals surface area contributed by atoms with Gasteiger partial charge in [-0.2, -0.15) is 8.78 Å². The molecule has 0 amide bonds. The van der Waals surface area contributed by atoms with Gasteiger partial charge in [0, 0.05) is 6.04 Å². The van der Waals surface area contributed by atoms with Crippen LogP contribution in [0.2, 0.25) is 0 Å². The highest BCUT2D eigenvalue weighted by Crippen LogP contribution is 2.22. The van der Waals surface area contributed by atoms with Gasteiger partial charge in [0.05, 0.1) is 0 Å². The molecule has 2 nitrogen and oxygen atoms in total. The Labute approximate surface area is 107 Å². The molecule has 1 rings (SSSR count). The van der Waals surface area contributed by atoms with Crippen molar-refractivity contribution in [2.45, 2.75) is 45.3 Å². The van der Waals surface area contributed by atoms with Gasteiger partial charge in [0.15, 0.2) is 0 Å². The lowest BCUT2D eigenvalue weighted by Crippen LogP contribution is -2.16. The van der Waals surface area contributed by atoms with Gasteiger partial charge in [-0.1, -0.05) is 38.3 Å². The second-order valence-corrected chi connectivity index (χ2v) is 4.28. The minimum atomic E-state index is -2.76. The SMILES string of the molecule is CCCCCC(NC)c1ccc(OC(F)F)cc1. The lowest BCUT2D eigenvalue weighted by Gasteiger charge is -2.17. The summed E-state index contributed by atoms with van der Waals surface area (Å²) in [5.41, 5.74) is 1.11. The van der Waals surface area contributed by atoms with E-state index in [0.29, 0.717) is 0 Å². The van der Waals surface area contributed by atoms with Gasteiger partial charge in [0.25, 0.3) is 0 Å². The Kier molecular flexibility index (Phi) is 6.65. The molecule has 18 heavy (non-hydrogen) atoms. The molecule has 102 valence electrons. The van der Waals surface area contributed by atoms with Crippen LogP contribution in [0.15, 0.2) is 24.3 Å². The predicted molar refractivity (Wildman–Crippen MR) is 69.0 cm³/mol. The van der Waals surface area contributed by atoms with E-state index in [1.54, 1.807) is 12.1 Å². The van der Waals surface area contributed by atoms with Crippen LogP contribution in [0.4, 0.5) is 8.78 Å². The van der Waals surface area contributed by atoms with Crippen LogP contribution in [-0.4, -0.2) is 13.7 Å². The highest BCUT2D eigenvalue weighted by Gasteiger charge is 2.09. The van der Waals surface area contributed by atoms with Crippen LogP contribution in [0.3, 0.4) is 0 Å². The Balaban J connectivity index is 2.57. The van der Waals surface area contributed by atoms with Gasteiger partial charge in [-0.05, 0) is 31.2 Å². The summed E-state index contributed by atoms with van der Waals surface area (Å²) in [4.78, 5) is 0. The van der Waals surface area contributed by atoms with Crippen molar-refractivity contribution >= 4 is 0 Å². The summed E-state index contributed by atoms with van der Waals surface area (Å²) < 4.78 is 28.4. The number of hydrogen-bond acceptors (Lipinski definition) is 2. The van der Waals surface area contributed by atoms with E-state index in [1.807, 2.05) is 19.2 Å². The Morgan fingerprint density at radius 3 is 2.33 bits per heavy atom. The summed E-state index contributed by atoms with van der Waals surface area (Å²) in [6.45, 7) is -0.592.